The molecule has 2 fully saturated rings. The lowest BCUT2D eigenvalue weighted by atomic mass is 9.97. The summed E-state index contributed by atoms with van der Waals surface area (Å²) in [6.45, 7) is 5.69. The largest absolute Gasteiger partial charge is 0.446 e. The summed E-state index contributed by atoms with van der Waals surface area (Å²) in [5.74, 6) is 0.331. The number of anilines is 2. The van der Waals surface area contributed by atoms with Crippen LogP contribution < -0.4 is 20.7 Å². The predicted molar refractivity (Wildman–Crippen MR) is 109 cm³/mol. The van der Waals surface area contributed by atoms with Crippen LogP contribution in [0.25, 0.3) is 0 Å². The van der Waals surface area contributed by atoms with Crippen LogP contribution >= 0.6 is 0 Å². The lowest BCUT2D eigenvalue weighted by Gasteiger charge is -2.41. The number of nitrogens with zero attached hydrogens (tertiary/aromatic N) is 2. The van der Waals surface area contributed by atoms with Crippen molar-refractivity contribution in [2.45, 2.75) is 64.0 Å². The zero-order valence-electron chi connectivity index (χ0n) is 16.7. The fraction of sp³-hybridized carbons (Fsp3) is 0.619. The molecule has 152 valence electrons. The first-order valence-corrected chi connectivity index (χ1v) is 10.4. The maximum Gasteiger partial charge on any atom is 0.414 e. The van der Waals surface area contributed by atoms with Crippen LogP contribution in [0.1, 0.15) is 57.4 Å². The molecule has 3 aliphatic rings. The molecule has 0 bridgehead atoms. The lowest BCUT2D eigenvalue weighted by Crippen LogP contribution is -2.52. The second-order valence-corrected chi connectivity index (χ2v) is 8.20. The van der Waals surface area contributed by atoms with Crippen LogP contribution in [0.15, 0.2) is 18.2 Å². The fourth-order valence-electron chi connectivity index (χ4n) is 4.64. The number of benzene rings is 1. The molecule has 0 aromatic heterocycles. The molecule has 1 saturated carbocycles. The van der Waals surface area contributed by atoms with Gasteiger partial charge < -0.3 is 9.64 Å². The first-order valence-electron chi connectivity index (χ1n) is 10.4. The Hall–Kier alpha value is -2.12. The first kappa shape index (κ1) is 19.2. The third kappa shape index (κ3) is 3.73. The van der Waals surface area contributed by atoms with E-state index in [0.717, 1.165) is 55.7 Å². The minimum atomic E-state index is -0.289. The summed E-state index contributed by atoms with van der Waals surface area (Å²) >= 11 is 0. The van der Waals surface area contributed by atoms with Crippen LogP contribution in [0.4, 0.5) is 16.2 Å². The maximum absolute atomic E-state index is 13.1. The number of amides is 2. The Morgan fingerprint density at radius 1 is 1.07 bits per heavy atom. The molecule has 1 saturated heterocycles. The van der Waals surface area contributed by atoms with Gasteiger partial charge in [0.2, 0.25) is 5.91 Å². The van der Waals surface area contributed by atoms with E-state index in [2.05, 4.69) is 23.0 Å². The standard InChI is InChI=1S/C21H30N4O3/c1-14-13-24(21(27)28-18-6-4-3-5-7-18)20-10-16(17-11-22-23-12-17)8-9-19(20)25(14)15(2)26/h8-10,14,17-18,22-23H,3-7,11-13H2,1-2H3/t14-/m0/s1. The Morgan fingerprint density at radius 2 is 1.79 bits per heavy atom. The molecule has 1 aromatic rings. The van der Waals surface area contributed by atoms with E-state index in [-0.39, 0.29) is 24.1 Å². The van der Waals surface area contributed by atoms with Crippen molar-refractivity contribution < 1.29 is 14.3 Å². The van der Waals surface area contributed by atoms with Gasteiger partial charge >= 0.3 is 6.09 Å². The monoisotopic (exact) mass is 386 g/mol. The molecule has 2 aliphatic heterocycles. The van der Waals surface area contributed by atoms with E-state index < -0.39 is 0 Å². The molecule has 2 N–H and O–H groups in total. The summed E-state index contributed by atoms with van der Waals surface area (Å²) in [6, 6.07) is 6.00. The fourth-order valence-corrected chi connectivity index (χ4v) is 4.64. The molecular formula is C21H30N4O3. The SMILES string of the molecule is CC(=O)N1c2ccc(C3CNNC3)cc2N(C(=O)OC2CCCCC2)C[C@@H]1C. The van der Waals surface area contributed by atoms with Crippen LogP contribution in [0, 0.1) is 0 Å². The average molecular weight is 386 g/mol. The van der Waals surface area contributed by atoms with Crippen molar-refractivity contribution in [3.63, 3.8) is 0 Å². The summed E-state index contributed by atoms with van der Waals surface area (Å²) in [5, 5.41) is 0. The van der Waals surface area contributed by atoms with E-state index in [1.165, 1.54) is 6.42 Å². The highest BCUT2D eigenvalue weighted by Gasteiger charge is 2.36. The van der Waals surface area contributed by atoms with Gasteiger partial charge in [0, 0.05) is 32.5 Å². The summed E-state index contributed by atoms with van der Waals surface area (Å²) < 4.78 is 5.86. The highest BCUT2D eigenvalue weighted by molar-refractivity contribution is 6.02. The van der Waals surface area contributed by atoms with Crippen molar-refractivity contribution in [1.29, 1.82) is 0 Å². The van der Waals surface area contributed by atoms with Gasteiger partial charge in [-0.25, -0.2) is 4.79 Å². The number of nitrogens with one attached hydrogen (secondary N) is 2. The first-order chi connectivity index (χ1) is 13.5. The quantitative estimate of drug-likeness (QED) is 0.818. The smallest absolute Gasteiger partial charge is 0.414 e. The van der Waals surface area contributed by atoms with Crippen molar-refractivity contribution >= 4 is 23.4 Å². The summed E-state index contributed by atoms with van der Waals surface area (Å²) in [7, 11) is 0. The molecule has 0 spiro atoms. The number of hydrogen-bond donors (Lipinski definition) is 2. The van der Waals surface area contributed by atoms with E-state index in [1.807, 2.05) is 13.0 Å². The molecule has 0 radical (unpaired) electrons. The van der Waals surface area contributed by atoms with Gasteiger partial charge in [-0.1, -0.05) is 12.5 Å². The maximum atomic E-state index is 13.1. The molecule has 28 heavy (non-hydrogen) atoms. The Bertz CT molecular complexity index is 741. The zero-order chi connectivity index (χ0) is 19.7. The minimum Gasteiger partial charge on any atom is -0.446 e. The Kier molecular flexibility index (Phi) is 5.55. The van der Waals surface area contributed by atoms with Crippen LogP contribution in [0.2, 0.25) is 0 Å². The van der Waals surface area contributed by atoms with E-state index in [9.17, 15) is 9.59 Å². The molecule has 2 heterocycles. The van der Waals surface area contributed by atoms with Crippen molar-refractivity contribution in [2.24, 2.45) is 0 Å². The number of carbonyl (C=O) groups excluding carboxylic acids is 2. The summed E-state index contributed by atoms with van der Waals surface area (Å²) in [5.41, 5.74) is 9.03. The van der Waals surface area contributed by atoms with Crippen molar-refractivity contribution in [2.75, 3.05) is 29.4 Å². The van der Waals surface area contributed by atoms with Gasteiger partial charge in [-0.15, -0.1) is 0 Å². The van der Waals surface area contributed by atoms with Gasteiger partial charge in [-0.3, -0.25) is 20.5 Å². The van der Waals surface area contributed by atoms with Gasteiger partial charge in [0.05, 0.1) is 17.4 Å². The van der Waals surface area contributed by atoms with Crippen LogP contribution in [-0.4, -0.2) is 43.8 Å². The van der Waals surface area contributed by atoms with Gasteiger partial charge in [-0.2, -0.15) is 0 Å². The number of ether oxygens (including phenoxy) is 1. The molecule has 4 rings (SSSR count). The Labute approximate surface area is 166 Å². The van der Waals surface area contributed by atoms with Crippen molar-refractivity contribution in [1.82, 2.24) is 10.9 Å². The summed E-state index contributed by atoms with van der Waals surface area (Å²) in [4.78, 5) is 28.9. The van der Waals surface area contributed by atoms with Crippen LogP contribution in [-0.2, 0) is 9.53 Å². The van der Waals surface area contributed by atoms with E-state index in [0.29, 0.717) is 12.5 Å². The zero-order valence-corrected chi connectivity index (χ0v) is 16.7. The molecule has 2 amide bonds. The van der Waals surface area contributed by atoms with Crippen LogP contribution in [0.5, 0.6) is 0 Å². The highest BCUT2D eigenvalue weighted by Crippen LogP contribution is 2.38. The molecular weight excluding hydrogens is 356 g/mol. The third-order valence-electron chi connectivity index (χ3n) is 6.11. The van der Waals surface area contributed by atoms with Gasteiger partial charge in [0.25, 0.3) is 0 Å². The number of carbonyl (C=O) groups is 2. The number of rotatable bonds is 2. The number of fused-ring (bicyclic) bond motifs is 1. The van der Waals surface area contributed by atoms with Crippen LogP contribution in [0.3, 0.4) is 0 Å². The minimum absolute atomic E-state index is 0.00834. The van der Waals surface area contributed by atoms with Crippen molar-refractivity contribution in [3.8, 4) is 0 Å². The highest BCUT2D eigenvalue weighted by atomic mass is 16.6. The molecule has 1 atom stereocenters. The van der Waals surface area contributed by atoms with Gasteiger partial charge in [-0.05, 0) is 50.3 Å². The third-order valence-corrected chi connectivity index (χ3v) is 6.11. The Morgan fingerprint density at radius 3 is 2.46 bits per heavy atom. The normalized spacial score (nSPS) is 23.6. The van der Waals surface area contributed by atoms with Crippen molar-refractivity contribution in [3.05, 3.63) is 23.8 Å². The lowest BCUT2D eigenvalue weighted by molar-refractivity contribution is -0.117. The predicted octanol–water partition coefficient (Wildman–Crippen LogP) is 2.91. The van der Waals surface area contributed by atoms with Gasteiger partial charge in [0.1, 0.15) is 6.10 Å². The molecule has 7 heteroatoms. The summed E-state index contributed by atoms with van der Waals surface area (Å²) in [6.07, 6.45) is 5.07. The second kappa shape index (κ2) is 8.09. The average Bonchev–Trinajstić information content (AvgIpc) is 3.22. The molecule has 7 nitrogen and oxygen atoms in total. The topological polar surface area (TPSA) is 73.9 Å². The molecule has 0 unspecified atom stereocenters. The second-order valence-electron chi connectivity index (χ2n) is 8.20. The van der Waals surface area contributed by atoms with E-state index >= 15 is 0 Å². The molecule has 1 aliphatic carbocycles. The number of hydrazine groups is 1. The number of hydrogen-bond acceptors (Lipinski definition) is 5. The van der Waals surface area contributed by atoms with E-state index in [1.54, 1.807) is 16.7 Å². The van der Waals surface area contributed by atoms with E-state index in [4.69, 9.17) is 4.74 Å². The Balaban J connectivity index is 1.65. The molecule has 1 aromatic carbocycles. The van der Waals surface area contributed by atoms with Gasteiger partial charge in [0.15, 0.2) is 0 Å².